The molecule has 2 aromatic heterocycles. The maximum Gasteiger partial charge on any atom is 0.256 e. The number of carbonyl (C=O) groups excluding carboxylic acids is 2. The quantitative estimate of drug-likeness (QED) is 0.904. The van der Waals surface area contributed by atoms with E-state index in [0.717, 1.165) is 18.7 Å². The van der Waals surface area contributed by atoms with E-state index in [1.54, 1.807) is 17.8 Å². The van der Waals surface area contributed by atoms with Gasteiger partial charge >= 0.3 is 0 Å². The number of rotatable bonds is 2. The van der Waals surface area contributed by atoms with Crippen molar-refractivity contribution in [2.45, 2.75) is 33.1 Å². The number of aromatic nitrogens is 3. The lowest BCUT2D eigenvalue weighted by Crippen LogP contribution is -2.37. The van der Waals surface area contributed by atoms with Crippen molar-refractivity contribution in [1.82, 2.24) is 24.8 Å². The topological polar surface area (TPSA) is 79.6 Å². The third-order valence-corrected chi connectivity index (χ3v) is 4.44. The van der Waals surface area contributed by atoms with E-state index in [9.17, 15) is 9.59 Å². The maximum absolute atomic E-state index is 12.5. The van der Waals surface area contributed by atoms with Crippen molar-refractivity contribution < 1.29 is 9.59 Å². The highest BCUT2D eigenvalue weighted by Gasteiger charge is 2.34. The van der Waals surface area contributed by atoms with Crippen LogP contribution in [-0.2, 0) is 4.79 Å². The van der Waals surface area contributed by atoms with E-state index in [1.165, 1.54) is 6.20 Å². The van der Waals surface area contributed by atoms with E-state index in [2.05, 4.69) is 15.4 Å². The lowest BCUT2D eigenvalue weighted by atomic mass is 9.95. The molecule has 3 rings (SSSR count). The van der Waals surface area contributed by atoms with Gasteiger partial charge in [0.15, 0.2) is 5.65 Å². The Morgan fingerprint density at radius 3 is 2.75 bits per heavy atom. The van der Waals surface area contributed by atoms with Crippen LogP contribution in [0, 0.1) is 5.41 Å². The summed E-state index contributed by atoms with van der Waals surface area (Å²) in [5.41, 5.74) is 1.62. The summed E-state index contributed by atoms with van der Waals surface area (Å²) in [6, 6.07) is 1.92. The number of nitrogens with zero attached hydrogens (tertiary/aromatic N) is 4. The molecule has 0 spiro atoms. The summed E-state index contributed by atoms with van der Waals surface area (Å²) >= 11 is 0. The van der Waals surface area contributed by atoms with Gasteiger partial charge in [0, 0.05) is 37.7 Å². The predicted octanol–water partition coefficient (Wildman–Crippen LogP) is 1.45. The minimum atomic E-state index is -0.374. The van der Waals surface area contributed by atoms with Crippen molar-refractivity contribution in [2.24, 2.45) is 5.41 Å². The highest BCUT2D eigenvalue weighted by Crippen LogP contribution is 2.30. The van der Waals surface area contributed by atoms with Gasteiger partial charge in [-0.05, 0) is 12.5 Å². The first-order valence-electron chi connectivity index (χ1n) is 8.17. The highest BCUT2D eigenvalue weighted by atomic mass is 16.2. The smallest absolute Gasteiger partial charge is 0.256 e. The van der Waals surface area contributed by atoms with Crippen LogP contribution in [0.3, 0.4) is 0 Å². The molecule has 1 atom stereocenters. The van der Waals surface area contributed by atoms with Gasteiger partial charge in [0.1, 0.15) is 5.56 Å². The average molecular weight is 329 g/mol. The van der Waals surface area contributed by atoms with Gasteiger partial charge in [0.2, 0.25) is 5.91 Å². The second kappa shape index (κ2) is 5.89. The first-order valence-corrected chi connectivity index (χ1v) is 8.17. The van der Waals surface area contributed by atoms with Crippen molar-refractivity contribution in [3.8, 4) is 0 Å². The molecule has 24 heavy (non-hydrogen) atoms. The van der Waals surface area contributed by atoms with E-state index in [1.807, 2.05) is 31.7 Å². The molecule has 0 aliphatic carbocycles. The van der Waals surface area contributed by atoms with Crippen molar-refractivity contribution in [2.75, 3.05) is 20.1 Å². The van der Waals surface area contributed by atoms with Crippen molar-refractivity contribution >= 4 is 17.5 Å². The van der Waals surface area contributed by atoms with Gasteiger partial charge in [-0.1, -0.05) is 20.8 Å². The highest BCUT2D eigenvalue weighted by molar-refractivity contribution is 5.99. The summed E-state index contributed by atoms with van der Waals surface area (Å²) in [4.78, 5) is 30.6. The van der Waals surface area contributed by atoms with Crippen LogP contribution >= 0.6 is 0 Å². The standard InChI is InChI=1S/C17H23N5O2/c1-17(2,3)16(24)21-8-6-11(10-21)13-5-7-19-14-12(15(23)18-4)9-20-22(13)14/h5,7,9,11H,6,8,10H2,1-4H3,(H,18,23)/t11-/m0/s1. The minimum Gasteiger partial charge on any atom is -0.355 e. The van der Waals surface area contributed by atoms with Gasteiger partial charge in [-0.2, -0.15) is 5.10 Å². The normalized spacial score (nSPS) is 18.2. The molecule has 7 heteroatoms. The summed E-state index contributed by atoms with van der Waals surface area (Å²) in [6.45, 7) is 7.24. The Hall–Kier alpha value is -2.44. The van der Waals surface area contributed by atoms with E-state index in [4.69, 9.17) is 0 Å². The molecule has 2 amide bonds. The van der Waals surface area contributed by atoms with Gasteiger partial charge in [-0.25, -0.2) is 9.50 Å². The first kappa shape index (κ1) is 16.4. The first-order chi connectivity index (χ1) is 11.3. The fourth-order valence-corrected chi connectivity index (χ4v) is 3.17. The minimum absolute atomic E-state index is 0.168. The number of likely N-dealkylation sites (tertiary alicyclic amines) is 1. The fourth-order valence-electron chi connectivity index (χ4n) is 3.17. The van der Waals surface area contributed by atoms with Gasteiger partial charge < -0.3 is 10.2 Å². The van der Waals surface area contributed by atoms with Crippen LogP contribution in [0.15, 0.2) is 18.5 Å². The molecule has 1 aliphatic rings. The molecule has 1 saturated heterocycles. The van der Waals surface area contributed by atoms with Gasteiger partial charge in [0.25, 0.3) is 5.91 Å². The second-order valence-electron chi connectivity index (χ2n) is 7.23. The third kappa shape index (κ3) is 2.74. The van der Waals surface area contributed by atoms with Crippen molar-refractivity contribution in [1.29, 1.82) is 0 Å². The fraction of sp³-hybridized carbons (Fsp3) is 0.529. The van der Waals surface area contributed by atoms with Crippen molar-refractivity contribution in [3.63, 3.8) is 0 Å². The largest absolute Gasteiger partial charge is 0.355 e. The summed E-state index contributed by atoms with van der Waals surface area (Å²) < 4.78 is 1.72. The molecule has 0 radical (unpaired) electrons. The van der Waals surface area contributed by atoms with Gasteiger partial charge in [0.05, 0.1) is 11.9 Å². The van der Waals surface area contributed by atoms with Gasteiger partial charge in [-0.3, -0.25) is 9.59 Å². The van der Waals surface area contributed by atoms with E-state index in [0.29, 0.717) is 17.8 Å². The molecular weight excluding hydrogens is 306 g/mol. The lowest BCUT2D eigenvalue weighted by molar-refractivity contribution is -0.138. The summed E-state index contributed by atoms with van der Waals surface area (Å²) in [5, 5.41) is 6.94. The van der Waals surface area contributed by atoms with Crippen LogP contribution in [0.4, 0.5) is 0 Å². The number of amides is 2. The molecule has 1 aliphatic heterocycles. The Morgan fingerprint density at radius 1 is 1.33 bits per heavy atom. The molecule has 0 saturated carbocycles. The second-order valence-corrected chi connectivity index (χ2v) is 7.23. The Morgan fingerprint density at radius 2 is 2.08 bits per heavy atom. The molecule has 0 aromatic carbocycles. The Balaban J connectivity index is 1.90. The van der Waals surface area contributed by atoms with Crippen LogP contribution in [0.2, 0.25) is 0 Å². The zero-order valence-electron chi connectivity index (χ0n) is 14.5. The van der Waals surface area contributed by atoms with Crippen LogP contribution in [0.25, 0.3) is 5.65 Å². The molecule has 1 N–H and O–H groups in total. The van der Waals surface area contributed by atoms with Crippen LogP contribution in [-0.4, -0.2) is 51.4 Å². The molecular formula is C17H23N5O2. The predicted molar refractivity (Wildman–Crippen MR) is 89.8 cm³/mol. The van der Waals surface area contributed by atoms with Crippen LogP contribution in [0.5, 0.6) is 0 Å². The summed E-state index contributed by atoms with van der Waals surface area (Å²) in [7, 11) is 1.59. The molecule has 2 aromatic rings. The number of carbonyl (C=O) groups is 2. The molecule has 1 fully saturated rings. The SMILES string of the molecule is CNC(=O)c1cnn2c([C@H]3CCN(C(=O)C(C)(C)C)C3)ccnc12. The van der Waals surface area contributed by atoms with E-state index < -0.39 is 0 Å². The number of nitrogens with one attached hydrogen (secondary N) is 1. The molecule has 7 nitrogen and oxygen atoms in total. The monoisotopic (exact) mass is 329 g/mol. The summed E-state index contributed by atoms with van der Waals surface area (Å²) in [6.07, 6.45) is 4.13. The Kier molecular flexibility index (Phi) is 4.03. The zero-order valence-corrected chi connectivity index (χ0v) is 14.5. The molecule has 3 heterocycles. The molecule has 0 bridgehead atoms. The van der Waals surface area contributed by atoms with Crippen LogP contribution < -0.4 is 5.32 Å². The lowest BCUT2D eigenvalue weighted by Gasteiger charge is -2.25. The number of hydrogen-bond donors (Lipinski definition) is 1. The molecule has 0 unspecified atom stereocenters. The third-order valence-electron chi connectivity index (χ3n) is 4.44. The zero-order chi connectivity index (χ0) is 17.5. The van der Waals surface area contributed by atoms with Crippen molar-refractivity contribution in [3.05, 3.63) is 29.7 Å². The van der Waals surface area contributed by atoms with E-state index in [-0.39, 0.29) is 23.1 Å². The van der Waals surface area contributed by atoms with Gasteiger partial charge in [-0.15, -0.1) is 0 Å². The number of hydrogen-bond acceptors (Lipinski definition) is 4. The Bertz CT molecular complexity index is 790. The number of fused-ring (bicyclic) bond motifs is 1. The summed E-state index contributed by atoms with van der Waals surface area (Å²) in [5.74, 6) is 0.159. The Labute approximate surface area is 141 Å². The molecule has 128 valence electrons. The van der Waals surface area contributed by atoms with Crippen LogP contribution in [0.1, 0.15) is 49.2 Å². The maximum atomic E-state index is 12.5. The average Bonchev–Trinajstić information content (AvgIpc) is 3.19. The van der Waals surface area contributed by atoms with E-state index >= 15 is 0 Å².